The molecule has 0 radical (unpaired) electrons. The number of anilines is 2. The van der Waals surface area contributed by atoms with E-state index in [0.717, 1.165) is 6.07 Å². The normalized spacial score (nSPS) is 10.1. The van der Waals surface area contributed by atoms with Crippen molar-refractivity contribution >= 4 is 34.9 Å². The average molecular weight is 323 g/mol. The number of carbonyl (C=O) groups excluding carboxylic acids is 2. The average Bonchev–Trinajstić information content (AvgIpc) is 2.51. The maximum Gasteiger partial charge on any atom is 0.340 e. The summed E-state index contributed by atoms with van der Waals surface area (Å²) in [6.07, 6.45) is 0. The second kappa shape index (κ2) is 6.44. The van der Waals surface area contributed by atoms with Crippen molar-refractivity contribution in [2.45, 2.75) is 0 Å². The maximum absolute atomic E-state index is 13.1. The lowest BCUT2D eigenvalue weighted by Gasteiger charge is -2.11. The van der Waals surface area contributed by atoms with Crippen LogP contribution in [0.15, 0.2) is 36.4 Å². The first-order valence-electron chi connectivity index (χ1n) is 6.17. The molecule has 7 heteroatoms. The highest BCUT2D eigenvalue weighted by atomic mass is 35.5. The van der Waals surface area contributed by atoms with Gasteiger partial charge >= 0.3 is 5.97 Å². The van der Waals surface area contributed by atoms with E-state index in [-0.39, 0.29) is 27.5 Å². The van der Waals surface area contributed by atoms with Gasteiger partial charge in [-0.1, -0.05) is 17.7 Å². The van der Waals surface area contributed by atoms with Crippen LogP contribution >= 0.6 is 11.6 Å². The molecule has 114 valence electrons. The maximum atomic E-state index is 13.1. The van der Waals surface area contributed by atoms with Crippen molar-refractivity contribution in [3.63, 3.8) is 0 Å². The SMILES string of the molecule is COC(=O)c1cccc(NC(=O)c2ccc(F)c(Cl)c2)c1N. The summed E-state index contributed by atoms with van der Waals surface area (Å²) < 4.78 is 17.7. The molecule has 0 heterocycles. The molecule has 1 amide bonds. The molecule has 5 nitrogen and oxygen atoms in total. The van der Waals surface area contributed by atoms with E-state index in [1.807, 2.05) is 0 Å². The van der Waals surface area contributed by atoms with Crippen LogP contribution in [0, 0.1) is 5.82 Å². The number of nitrogens with one attached hydrogen (secondary N) is 1. The smallest absolute Gasteiger partial charge is 0.340 e. The van der Waals surface area contributed by atoms with E-state index in [2.05, 4.69) is 10.1 Å². The lowest BCUT2D eigenvalue weighted by Crippen LogP contribution is -2.15. The summed E-state index contributed by atoms with van der Waals surface area (Å²) in [5.74, 6) is -1.76. The Balaban J connectivity index is 2.28. The van der Waals surface area contributed by atoms with Crippen LogP contribution in [0.1, 0.15) is 20.7 Å². The molecule has 2 aromatic carbocycles. The molecule has 0 atom stereocenters. The summed E-state index contributed by atoms with van der Waals surface area (Å²) in [4.78, 5) is 23.7. The largest absolute Gasteiger partial charge is 0.465 e. The van der Waals surface area contributed by atoms with Gasteiger partial charge in [0.1, 0.15) is 5.82 Å². The van der Waals surface area contributed by atoms with Crippen LogP contribution in [0.2, 0.25) is 5.02 Å². The van der Waals surface area contributed by atoms with E-state index in [9.17, 15) is 14.0 Å². The first kappa shape index (κ1) is 15.8. The molecule has 0 aromatic heterocycles. The fourth-order valence-corrected chi connectivity index (χ4v) is 1.97. The van der Waals surface area contributed by atoms with Gasteiger partial charge in [0.05, 0.1) is 29.1 Å². The lowest BCUT2D eigenvalue weighted by atomic mass is 10.1. The van der Waals surface area contributed by atoms with Gasteiger partial charge in [-0.05, 0) is 30.3 Å². The molecule has 0 saturated carbocycles. The van der Waals surface area contributed by atoms with Gasteiger partial charge in [0, 0.05) is 5.56 Å². The molecule has 0 aliphatic rings. The monoisotopic (exact) mass is 322 g/mol. The highest BCUT2D eigenvalue weighted by Gasteiger charge is 2.15. The number of benzene rings is 2. The molecule has 3 N–H and O–H groups in total. The van der Waals surface area contributed by atoms with Crippen LogP contribution in [0.4, 0.5) is 15.8 Å². The summed E-state index contributed by atoms with van der Waals surface area (Å²) >= 11 is 5.64. The quantitative estimate of drug-likeness (QED) is 0.672. The third kappa shape index (κ3) is 3.17. The molecular formula is C15H12ClFN2O3. The third-order valence-corrected chi connectivity index (χ3v) is 3.23. The minimum atomic E-state index is -0.620. The first-order chi connectivity index (χ1) is 10.4. The molecule has 2 aromatic rings. The molecule has 22 heavy (non-hydrogen) atoms. The van der Waals surface area contributed by atoms with E-state index < -0.39 is 17.7 Å². The lowest BCUT2D eigenvalue weighted by molar-refractivity contribution is 0.0601. The van der Waals surface area contributed by atoms with Crippen LogP contribution in [0.25, 0.3) is 0 Å². The Bertz CT molecular complexity index is 750. The molecule has 2 rings (SSSR count). The number of para-hydroxylation sites is 1. The van der Waals surface area contributed by atoms with Gasteiger partial charge in [0.15, 0.2) is 0 Å². The van der Waals surface area contributed by atoms with Crippen molar-refractivity contribution in [3.05, 3.63) is 58.4 Å². The number of carbonyl (C=O) groups is 2. The molecule has 0 saturated heterocycles. The van der Waals surface area contributed by atoms with Gasteiger partial charge in [-0.2, -0.15) is 0 Å². The van der Waals surface area contributed by atoms with E-state index >= 15 is 0 Å². The number of methoxy groups -OCH3 is 1. The summed E-state index contributed by atoms with van der Waals surface area (Å²) in [6, 6.07) is 8.14. The predicted octanol–water partition coefficient (Wildman–Crippen LogP) is 3.10. The third-order valence-electron chi connectivity index (χ3n) is 2.94. The van der Waals surface area contributed by atoms with E-state index in [1.54, 1.807) is 6.07 Å². The molecule has 0 bridgehead atoms. The zero-order valence-corrected chi connectivity index (χ0v) is 12.3. The van der Waals surface area contributed by atoms with Crippen LogP contribution in [-0.4, -0.2) is 19.0 Å². The number of hydrogen-bond acceptors (Lipinski definition) is 4. The summed E-state index contributed by atoms with van der Waals surface area (Å²) in [5.41, 5.74) is 6.46. The van der Waals surface area contributed by atoms with Gasteiger partial charge in [0.25, 0.3) is 5.91 Å². The Labute approximate surface area is 130 Å². The van der Waals surface area contributed by atoms with Crippen molar-refractivity contribution < 1.29 is 18.7 Å². The van der Waals surface area contributed by atoms with Crippen molar-refractivity contribution in [1.29, 1.82) is 0 Å². The second-order valence-corrected chi connectivity index (χ2v) is 4.75. The molecule has 0 aliphatic carbocycles. The molecule has 0 aliphatic heterocycles. The summed E-state index contributed by atoms with van der Waals surface area (Å²) in [6.45, 7) is 0. The number of hydrogen-bond donors (Lipinski definition) is 2. The highest BCUT2D eigenvalue weighted by molar-refractivity contribution is 6.31. The standard InChI is InChI=1S/C15H12ClFN2O3/c1-22-15(21)9-3-2-4-12(13(9)18)19-14(20)8-5-6-11(17)10(16)7-8/h2-7H,18H2,1H3,(H,19,20). The van der Waals surface area contributed by atoms with E-state index in [1.165, 1.54) is 31.4 Å². The second-order valence-electron chi connectivity index (χ2n) is 4.34. The highest BCUT2D eigenvalue weighted by Crippen LogP contribution is 2.24. The van der Waals surface area contributed by atoms with Crippen molar-refractivity contribution in [3.8, 4) is 0 Å². The first-order valence-corrected chi connectivity index (χ1v) is 6.55. The van der Waals surface area contributed by atoms with Gasteiger partial charge in [-0.3, -0.25) is 4.79 Å². The van der Waals surface area contributed by atoms with E-state index in [4.69, 9.17) is 17.3 Å². The number of nitrogen functional groups attached to an aromatic ring is 1. The fraction of sp³-hybridized carbons (Fsp3) is 0.0667. The molecule has 0 fully saturated rings. The molecule has 0 spiro atoms. The van der Waals surface area contributed by atoms with Gasteiger partial charge in [-0.25, -0.2) is 9.18 Å². The minimum Gasteiger partial charge on any atom is -0.465 e. The van der Waals surface area contributed by atoms with Crippen molar-refractivity contribution in [2.24, 2.45) is 0 Å². The fourth-order valence-electron chi connectivity index (χ4n) is 1.79. The summed E-state index contributed by atoms with van der Waals surface area (Å²) in [7, 11) is 1.23. The Kier molecular flexibility index (Phi) is 4.62. The minimum absolute atomic E-state index is 0.0795. The van der Waals surface area contributed by atoms with Crippen LogP contribution in [-0.2, 0) is 4.74 Å². The van der Waals surface area contributed by atoms with Crippen LogP contribution in [0.3, 0.4) is 0 Å². The van der Waals surface area contributed by atoms with Crippen molar-refractivity contribution in [2.75, 3.05) is 18.2 Å². The Morgan fingerprint density at radius 3 is 2.64 bits per heavy atom. The Morgan fingerprint density at radius 2 is 2.00 bits per heavy atom. The number of ether oxygens (including phenoxy) is 1. The molecular weight excluding hydrogens is 311 g/mol. The number of halogens is 2. The predicted molar refractivity (Wildman–Crippen MR) is 81.6 cm³/mol. The Hall–Kier alpha value is -2.60. The van der Waals surface area contributed by atoms with Gasteiger partial charge < -0.3 is 15.8 Å². The number of amides is 1. The van der Waals surface area contributed by atoms with Crippen LogP contribution in [0.5, 0.6) is 0 Å². The van der Waals surface area contributed by atoms with Gasteiger partial charge in [0.2, 0.25) is 0 Å². The zero-order valence-electron chi connectivity index (χ0n) is 11.5. The molecule has 0 unspecified atom stereocenters. The number of esters is 1. The van der Waals surface area contributed by atoms with Gasteiger partial charge in [-0.15, -0.1) is 0 Å². The number of rotatable bonds is 3. The van der Waals surface area contributed by atoms with E-state index in [0.29, 0.717) is 0 Å². The van der Waals surface area contributed by atoms with Crippen molar-refractivity contribution in [1.82, 2.24) is 0 Å². The summed E-state index contributed by atoms with van der Waals surface area (Å²) in [5, 5.41) is 2.38. The Morgan fingerprint density at radius 1 is 1.27 bits per heavy atom. The zero-order chi connectivity index (χ0) is 16.3. The topological polar surface area (TPSA) is 81.4 Å². The number of nitrogens with two attached hydrogens (primary N) is 1. The van der Waals surface area contributed by atoms with Crippen LogP contribution < -0.4 is 11.1 Å².